The molecule has 15 heavy (non-hydrogen) atoms. The Labute approximate surface area is 96.5 Å². The van der Waals surface area contributed by atoms with Gasteiger partial charge in [-0.2, -0.15) is 0 Å². The van der Waals surface area contributed by atoms with Crippen molar-refractivity contribution in [3.05, 3.63) is 23.9 Å². The van der Waals surface area contributed by atoms with E-state index in [1.54, 1.807) is 7.11 Å². The molecule has 1 aromatic heterocycles. The van der Waals surface area contributed by atoms with Gasteiger partial charge >= 0.3 is 96.2 Å². The van der Waals surface area contributed by atoms with Crippen LogP contribution in [0.5, 0.6) is 5.75 Å². The molecule has 0 unspecified atom stereocenters. The first-order valence-corrected chi connectivity index (χ1v) is 6.72. The molecule has 2 aromatic rings. The Kier molecular flexibility index (Phi) is 2.85. The summed E-state index contributed by atoms with van der Waals surface area (Å²) in [4.78, 5) is 0. The number of nitrogens with zero attached hydrogens (tertiary/aromatic N) is 1. The van der Waals surface area contributed by atoms with Crippen molar-refractivity contribution in [3.63, 3.8) is 0 Å². The van der Waals surface area contributed by atoms with Crippen LogP contribution < -0.4 is 8.30 Å². The number of ether oxygens (including phenoxy) is 1. The molecular weight excluding hydrogens is 253 g/mol. The number of aromatic nitrogens is 1. The van der Waals surface area contributed by atoms with Crippen LogP contribution in [-0.2, 0) is 7.05 Å². The first-order chi connectivity index (χ1) is 7.13. The number of rotatable bonds is 2. The van der Waals surface area contributed by atoms with Crippen LogP contribution in [0.15, 0.2) is 18.2 Å². The molecule has 0 aliphatic heterocycles. The van der Waals surface area contributed by atoms with E-state index in [-0.39, 0.29) is 0 Å². The minimum absolute atomic E-state index is 0.446. The van der Waals surface area contributed by atoms with Crippen LogP contribution in [-0.4, -0.2) is 21.8 Å². The Balaban J connectivity index is 2.72. The van der Waals surface area contributed by atoms with Crippen LogP contribution in [0.25, 0.3) is 9.65 Å². The summed E-state index contributed by atoms with van der Waals surface area (Å²) in [5.41, 5.74) is 1.45. The predicted molar refractivity (Wildman–Crippen MR) is 62.7 cm³/mol. The summed E-state index contributed by atoms with van der Waals surface area (Å²) in [6.45, 7) is 4.49. The van der Waals surface area contributed by atoms with Crippen molar-refractivity contribution in [1.29, 1.82) is 0 Å². The Morgan fingerprint density at radius 1 is 1.33 bits per heavy atom. The fourth-order valence-electron chi connectivity index (χ4n) is 1.96. The van der Waals surface area contributed by atoms with Crippen molar-refractivity contribution in [2.24, 2.45) is 7.05 Å². The molecule has 0 aliphatic rings. The Bertz CT molecular complexity index is 488. The minimum atomic E-state index is 0.446. The number of aryl methyl sites for hydroxylation is 1. The zero-order chi connectivity index (χ0) is 11.0. The monoisotopic (exact) mass is 270 g/mol. The quantitative estimate of drug-likeness (QED) is 0.758. The van der Waals surface area contributed by atoms with Crippen LogP contribution >= 0.6 is 0 Å². The van der Waals surface area contributed by atoms with Crippen LogP contribution in [0.4, 0.5) is 0 Å². The van der Waals surface area contributed by atoms with Gasteiger partial charge in [0, 0.05) is 0 Å². The molecule has 2 rings (SSSR count). The Hall–Kier alpha value is -0.791. The molecule has 0 spiro atoms. The van der Waals surface area contributed by atoms with E-state index in [1.807, 2.05) is 0 Å². The van der Waals surface area contributed by atoms with E-state index in [2.05, 4.69) is 42.7 Å². The van der Waals surface area contributed by atoms with Gasteiger partial charge in [0.2, 0.25) is 0 Å². The molecule has 3 heteroatoms. The fraction of sp³-hybridized carbons (Fsp3) is 0.417. The summed E-state index contributed by atoms with van der Waals surface area (Å²) >= 11 is 0.446. The third-order valence-corrected chi connectivity index (χ3v) is 4.73. The van der Waals surface area contributed by atoms with E-state index in [1.165, 1.54) is 15.3 Å². The fourth-order valence-corrected chi connectivity index (χ4v) is 4.25. The third-order valence-electron chi connectivity index (χ3n) is 2.58. The Morgan fingerprint density at radius 2 is 2.07 bits per heavy atom. The van der Waals surface area contributed by atoms with Crippen LogP contribution in [0, 0.1) is 0 Å². The van der Waals surface area contributed by atoms with E-state index in [9.17, 15) is 0 Å². The molecule has 0 aliphatic carbocycles. The SMILES string of the molecule is COc1ccc2[se][n+](C)c(C(C)C)c2c1. The van der Waals surface area contributed by atoms with Crippen molar-refractivity contribution >= 4 is 24.4 Å². The van der Waals surface area contributed by atoms with Crippen LogP contribution in [0.1, 0.15) is 25.5 Å². The van der Waals surface area contributed by atoms with E-state index >= 15 is 0 Å². The number of benzene rings is 1. The number of fused-ring (bicyclic) bond motifs is 1. The zero-order valence-electron chi connectivity index (χ0n) is 9.57. The molecule has 0 saturated carbocycles. The second-order valence-electron chi connectivity index (χ2n) is 3.99. The third kappa shape index (κ3) is 1.82. The van der Waals surface area contributed by atoms with Crippen molar-refractivity contribution < 1.29 is 8.30 Å². The van der Waals surface area contributed by atoms with Gasteiger partial charge in [-0.25, -0.2) is 0 Å². The van der Waals surface area contributed by atoms with Gasteiger partial charge in [-0.15, -0.1) is 0 Å². The molecule has 80 valence electrons. The summed E-state index contributed by atoms with van der Waals surface area (Å²) in [6.07, 6.45) is 0. The van der Waals surface area contributed by atoms with Gasteiger partial charge in [0.15, 0.2) is 0 Å². The molecule has 0 atom stereocenters. The van der Waals surface area contributed by atoms with Gasteiger partial charge in [0.1, 0.15) is 0 Å². The number of hydrogen-bond acceptors (Lipinski definition) is 1. The topological polar surface area (TPSA) is 13.1 Å². The summed E-state index contributed by atoms with van der Waals surface area (Å²) < 4.78 is 9.14. The molecule has 1 heterocycles. The summed E-state index contributed by atoms with van der Waals surface area (Å²) in [5.74, 6) is 1.53. The first-order valence-electron chi connectivity index (χ1n) is 5.10. The second-order valence-corrected chi connectivity index (χ2v) is 6.45. The summed E-state index contributed by atoms with van der Waals surface area (Å²) in [7, 11) is 3.91. The van der Waals surface area contributed by atoms with Gasteiger partial charge < -0.3 is 0 Å². The molecule has 2 nitrogen and oxygen atoms in total. The average molecular weight is 269 g/mol. The molecule has 0 saturated heterocycles. The molecule has 1 aromatic carbocycles. The van der Waals surface area contributed by atoms with Gasteiger partial charge in [-0.05, 0) is 0 Å². The second kappa shape index (κ2) is 3.99. The van der Waals surface area contributed by atoms with Gasteiger partial charge in [-0.1, -0.05) is 0 Å². The maximum absolute atomic E-state index is 5.28. The molecule has 0 fully saturated rings. The molecular formula is C12H16NOSe+. The summed E-state index contributed by atoms with van der Waals surface area (Å²) in [5, 5.41) is 1.38. The van der Waals surface area contributed by atoms with Gasteiger partial charge in [0.25, 0.3) is 0 Å². The van der Waals surface area contributed by atoms with E-state index in [4.69, 9.17) is 4.74 Å². The molecule has 0 bridgehead atoms. The number of methoxy groups -OCH3 is 1. The molecule has 0 N–H and O–H groups in total. The zero-order valence-corrected chi connectivity index (χ0v) is 11.3. The van der Waals surface area contributed by atoms with Gasteiger partial charge in [-0.3, -0.25) is 0 Å². The Morgan fingerprint density at radius 3 is 2.67 bits per heavy atom. The maximum atomic E-state index is 5.28. The van der Waals surface area contributed by atoms with Crippen LogP contribution in [0.3, 0.4) is 0 Å². The normalized spacial score (nSPS) is 11.3. The van der Waals surface area contributed by atoms with E-state index in [0.717, 1.165) is 5.75 Å². The van der Waals surface area contributed by atoms with Crippen molar-refractivity contribution in [3.8, 4) is 5.75 Å². The van der Waals surface area contributed by atoms with E-state index < -0.39 is 0 Å². The van der Waals surface area contributed by atoms with E-state index in [0.29, 0.717) is 20.7 Å². The van der Waals surface area contributed by atoms with Crippen molar-refractivity contribution in [2.45, 2.75) is 19.8 Å². The van der Waals surface area contributed by atoms with Crippen molar-refractivity contribution in [1.82, 2.24) is 0 Å². The summed E-state index contributed by atoms with van der Waals surface area (Å²) in [6, 6.07) is 6.41. The average Bonchev–Trinajstić information content (AvgIpc) is 2.52. The molecule has 0 amide bonds. The van der Waals surface area contributed by atoms with Crippen molar-refractivity contribution in [2.75, 3.05) is 7.11 Å². The predicted octanol–water partition coefficient (Wildman–Crippen LogP) is 1.85. The molecule has 0 radical (unpaired) electrons. The standard InChI is InChI=1S/C12H16NOSe/c1-8(2)12-10-7-9(14-4)5-6-11(10)15-13(12)3/h5-8H,1-4H3/q+1. The number of hydrogen-bond donors (Lipinski definition) is 0. The first kappa shape index (κ1) is 10.7. The van der Waals surface area contributed by atoms with Gasteiger partial charge in [0.05, 0.1) is 0 Å². The van der Waals surface area contributed by atoms with Crippen LogP contribution in [0.2, 0.25) is 0 Å².